The van der Waals surface area contributed by atoms with Crippen LogP contribution in [-0.4, -0.2) is 80.6 Å². The summed E-state index contributed by atoms with van der Waals surface area (Å²) in [6.07, 6.45) is -1.53. The van der Waals surface area contributed by atoms with Crippen molar-refractivity contribution in [2.75, 3.05) is 37.7 Å². The summed E-state index contributed by atoms with van der Waals surface area (Å²) < 4.78 is 30.4. The van der Waals surface area contributed by atoms with Gasteiger partial charge in [-0.2, -0.15) is 8.78 Å². The van der Waals surface area contributed by atoms with E-state index in [-0.39, 0.29) is 24.2 Å². The fourth-order valence-corrected chi connectivity index (χ4v) is 4.84. The summed E-state index contributed by atoms with van der Waals surface area (Å²) in [7, 11) is 0. The maximum absolute atomic E-state index is 13.6. The molecule has 0 saturated carbocycles. The second-order valence-electron chi connectivity index (χ2n) is 9.86. The molecule has 1 fully saturated rings. The van der Waals surface area contributed by atoms with Crippen LogP contribution in [0.2, 0.25) is 0 Å². The summed E-state index contributed by atoms with van der Waals surface area (Å²) >= 11 is 0. The number of hydrogen-bond donors (Lipinski definition) is 1. The van der Waals surface area contributed by atoms with E-state index in [1.165, 1.54) is 6.20 Å². The van der Waals surface area contributed by atoms with Gasteiger partial charge in [0, 0.05) is 43.6 Å². The molecule has 0 atom stereocenters. The Hall–Kier alpha value is -4.26. The first-order valence-electron chi connectivity index (χ1n) is 12.3. The monoisotopic (exact) mass is 540 g/mol. The Balaban J connectivity index is 1.36. The zero-order chi connectivity index (χ0) is 27.9. The van der Waals surface area contributed by atoms with Gasteiger partial charge in [-0.05, 0) is 43.7 Å². The first-order valence-corrected chi connectivity index (χ1v) is 12.3. The van der Waals surface area contributed by atoms with Gasteiger partial charge < -0.3 is 19.3 Å². The highest BCUT2D eigenvalue weighted by atomic mass is 19.3. The first-order chi connectivity index (χ1) is 18.6. The summed E-state index contributed by atoms with van der Waals surface area (Å²) in [6, 6.07) is 8.55. The Morgan fingerprint density at radius 2 is 1.85 bits per heavy atom. The minimum absolute atomic E-state index is 0.0842. The van der Waals surface area contributed by atoms with Crippen LogP contribution in [0.3, 0.4) is 0 Å². The first kappa shape index (κ1) is 26.4. The second kappa shape index (κ2) is 10.1. The van der Waals surface area contributed by atoms with Crippen molar-refractivity contribution in [1.29, 1.82) is 0 Å². The molecule has 0 spiro atoms. The van der Waals surface area contributed by atoms with E-state index in [0.29, 0.717) is 48.6 Å². The molecule has 2 aliphatic rings. The lowest BCUT2D eigenvalue weighted by Gasteiger charge is -2.39. The van der Waals surface area contributed by atoms with Gasteiger partial charge in [-0.25, -0.2) is 0 Å². The van der Waals surface area contributed by atoms with Crippen LogP contribution >= 0.6 is 0 Å². The number of rotatable bonds is 6. The van der Waals surface area contributed by atoms with E-state index >= 15 is 0 Å². The molecule has 1 saturated heterocycles. The normalized spacial score (nSPS) is 17.1. The Morgan fingerprint density at radius 1 is 1.10 bits per heavy atom. The number of aromatic nitrogens is 3. The molecule has 2 aliphatic heterocycles. The van der Waals surface area contributed by atoms with E-state index in [0.717, 1.165) is 10.6 Å². The fraction of sp³-hybridized carbons (Fsp3) is 0.385. The van der Waals surface area contributed by atoms with Crippen molar-refractivity contribution in [2.45, 2.75) is 32.2 Å². The lowest BCUT2D eigenvalue weighted by Crippen LogP contribution is -2.52. The van der Waals surface area contributed by atoms with Crippen molar-refractivity contribution < 1.29 is 32.7 Å². The number of hydrogen-bond acceptors (Lipinski definition) is 9. The van der Waals surface area contributed by atoms with E-state index in [1.807, 2.05) is 6.07 Å². The van der Waals surface area contributed by atoms with E-state index < -0.39 is 30.2 Å². The molecule has 0 bridgehead atoms. The van der Waals surface area contributed by atoms with Crippen LogP contribution in [0.15, 0.2) is 40.9 Å². The zero-order valence-corrected chi connectivity index (χ0v) is 21.3. The number of anilines is 1. The Kier molecular flexibility index (Phi) is 6.85. The molecule has 0 aliphatic carbocycles. The van der Waals surface area contributed by atoms with Gasteiger partial charge in [0.25, 0.3) is 11.8 Å². The van der Waals surface area contributed by atoms with Crippen LogP contribution in [0.1, 0.15) is 47.8 Å². The average molecular weight is 541 g/mol. The van der Waals surface area contributed by atoms with E-state index in [2.05, 4.69) is 20.1 Å². The molecular weight excluding hydrogens is 514 g/mol. The highest BCUT2D eigenvalue weighted by Crippen LogP contribution is 2.37. The molecular formula is C26H26F2N6O5. The molecule has 1 N–H and O–H groups in total. The van der Waals surface area contributed by atoms with Crippen molar-refractivity contribution in [1.82, 2.24) is 25.0 Å². The molecule has 1 aromatic carbocycles. The Bertz CT molecular complexity index is 1420. The van der Waals surface area contributed by atoms with Crippen LogP contribution in [0, 0.1) is 0 Å². The third-order valence-corrected chi connectivity index (χ3v) is 7.08. The number of pyridine rings is 1. The second-order valence-corrected chi connectivity index (χ2v) is 9.86. The molecule has 2 aromatic heterocycles. The summed E-state index contributed by atoms with van der Waals surface area (Å²) in [6.45, 7) is 4.91. The van der Waals surface area contributed by atoms with Crippen molar-refractivity contribution in [3.05, 3.63) is 59.2 Å². The summed E-state index contributed by atoms with van der Waals surface area (Å²) in [4.78, 5) is 47.8. The minimum Gasteiger partial charge on any atom is -0.415 e. The van der Waals surface area contributed by atoms with Gasteiger partial charge >= 0.3 is 6.43 Å². The van der Waals surface area contributed by atoms with Crippen molar-refractivity contribution in [3.8, 4) is 11.5 Å². The molecule has 0 unspecified atom stereocenters. The number of piperazine rings is 1. The Labute approximate surface area is 222 Å². The lowest BCUT2D eigenvalue weighted by molar-refractivity contribution is -0.135. The smallest absolute Gasteiger partial charge is 0.314 e. The van der Waals surface area contributed by atoms with E-state index in [1.54, 1.807) is 43.0 Å². The van der Waals surface area contributed by atoms with Crippen LogP contribution in [0.5, 0.6) is 0 Å². The maximum Gasteiger partial charge on any atom is 0.314 e. The van der Waals surface area contributed by atoms with Gasteiger partial charge in [0.2, 0.25) is 17.7 Å². The van der Waals surface area contributed by atoms with Gasteiger partial charge in [-0.3, -0.25) is 24.3 Å². The number of aliphatic hydroxyl groups is 1. The van der Waals surface area contributed by atoms with Gasteiger partial charge in [-0.15, -0.1) is 10.2 Å². The van der Waals surface area contributed by atoms with Gasteiger partial charge in [0.1, 0.15) is 6.61 Å². The van der Waals surface area contributed by atoms with Gasteiger partial charge in [0.05, 0.1) is 23.2 Å². The number of alkyl halides is 2. The lowest BCUT2D eigenvalue weighted by atomic mass is 9.77. The third-order valence-electron chi connectivity index (χ3n) is 7.08. The molecule has 3 amide bonds. The quantitative estimate of drug-likeness (QED) is 0.467. The number of nitrogens with zero attached hydrogens (tertiary/aromatic N) is 6. The molecule has 204 valence electrons. The largest absolute Gasteiger partial charge is 0.415 e. The number of carbonyl (C=O) groups excluding carboxylic acids is 3. The number of benzene rings is 1. The number of halogens is 2. The predicted molar refractivity (Wildman–Crippen MR) is 133 cm³/mol. The molecule has 11 nitrogen and oxygen atoms in total. The topological polar surface area (TPSA) is 133 Å². The summed E-state index contributed by atoms with van der Waals surface area (Å²) in [5, 5.41) is 16.0. The summed E-state index contributed by atoms with van der Waals surface area (Å²) in [5.74, 6) is -2.04. The van der Waals surface area contributed by atoms with Crippen LogP contribution in [0.25, 0.3) is 11.5 Å². The van der Waals surface area contributed by atoms with Gasteiger partial charge in [-0.1, -0.05) is 6.07 Å². The van der Waals surface area contributed by atoms with E-state index in [9.17, 15) is 23.2 Å². The predicted octanol–water partition coefficient (Wildman–Crippen LogP) is 2.17. The van der Waals surface area contributed by atoms with Crippen LogP contribution < -0.4 is 4.90 Å². The molecule has 39 heavy (non-hydrogen) atoms. The molecule has 4 heterocycles. The van der Waals surface area contributed by atoms with Crippen molar-refractivity contribution in [3.63, 3.8) is 0 Å². The SMILES string of the molecule is CC1(C)C(=O)N(Cc2ccc(-c3nnc(C(F)F)o3)cn2)C(=O)c2cc(N3CCN(C(=O)CO)CC3)ccc21. The maximum atomic E-state index is 13.6. The Morgan fingerprint density at radius 3 is 2.46 bits per heavy atom. The minimum atomic E-state index is -2.89. The number of carbonyl (C=O) groups is 3. The highest BCUT2D eigenvalue weighted by Gasteiger charge is 2.44. The number of amides is 3. The third kappa shape index (κ3) is 4.85. The zero-order valence-electron chi connectivity index (χ0n) is 21.3. The highest BCUT2D eigenvalue weighted by molar-refractivity contribution is 6.13. The van der Waals surface area contributed by atoms with Crippen molar-refractivity contribution in [2.24, 2.45) is 0 Å². The number of imide groups is 1. The average Bonchev–Trinajstić information content (AvgIpc) is 3.45. The molecule has 3 aromatic rings. The van der Waals surface area contributed by atoms with Crippen LogP contribution in [0.4, 0.5) is 14.5 Å². The molecule has 0 radical (unpaired) electrons. The molecule has 5 rings (SSSR count). The van der Waals surface area contributed by atoms with Crippen molar-refractivity contribution >= 4 is 23.4 Å². The van der Waals surface area contributed by atoms with Crippen LogP contribution in [-0.2, 0) is 21.5 Å². The number of aliphatic hydroxyl groups excluding tert-OH is 1. The summed E-state index contributed by atoms with van der Waals surface area (Å²) in [5.41, 5.74) is 1.60. The van der Waals surface area contributed by atoms with E-state index in [4.69, 9.17) is 9.52 Å². The van der Waals surface area contributed by atoms with Gasteiger partial charge in [0.15, 0.2) is 0 Å². The molecule has 13 heteroatoms. The fourth-order valence-electron chi connectivity index (χ4n) is 4.84. The number of fused-ring (bicyclic) bond motifs is 1. The standard InChI is InChI=1S/C26H26F2N6O5/c1-26(2)19-6-5-17(32-7-9-33(10-8-32)20(36)14-35)11-18(19)24(37)34(25(26)38)13-16-4-3-15(12-29-16)22-30-31-23(39-22)21(27)28/h3-6,11-12,21,35H,7-10,13-14H2,1-2H3.